The van der Waals surface area contributed by atoms with E-state index in [4.69, 9.17) is 4.42 Å². The van der Waals surface area contributed by atoms with Crippen LogP contribution in [0.1, 0.15) is 27.7 Å². The fourth-order valence-electron chi connectivity index (χ4n) is 2.96. The van der Waals surface area contributed by atoms with Crippen LogP contribution in [0.25, 0.3) is 11.0 Å². The highest BCUT2D eigenvalue weighted by atomic mass is 79.9. The van der Waals surface area contributed by atoms with Crippen molar-refractivity contribution in [2.45, 2.75) is 6.04 Å². The molecule has 3 nitrogen and oxygen atoms in total. The van der Waals surface area contributed by atoms with Crippen LogP contribution in [-0.2, 0) is 0 Å². The molecule has 0 saturated carbocycles. The van der Waals surface area contributed by atoms with Gasteiger partial charge in [0.15, 0.2) is 0 Å². The van der Waals surface area contributed by atoms with Gasteiger partial charge < -0.3 is 9.73 Å². The van der Waals surface area contributed by atoms with E-state index in [1.165, 1.54) is 0 Å². The molecular formula is C22H16BrNO2. The van der Waals surface area contributed by atoms with Crippen LogP contribution < -0.4 is 5.32 Å². The number of hydrogen-bond acceptors (Lipinski definition) is 2. The van der Waals surface area contributed by atoms with Crippen LogP contribution in [0.2, 0.25) is 0 Å². The zero-order chi connectivity index (χ0) is 17.9. The number of amides is 1. The fraction of sp³-hybridized carbons (Fsp3) is 0.0455. The second-order valence-electron chi connectivity index (χ2n) is 5.98. The molecule has 4 aromatic rings. The number of fused-ring (bicyclic) bond motifs is 1. The molecule has 0 spiro atoms. The van der Waals surface area contributed by atoms with E-state index >= 15 is 0 Å². The van der Waals surface area contributed by atoms with E-state index in [0.717, 1.165) is 21.0 Å². The van der Waals surface area contributed by atoms with Crippen molar-refractivity contribution in [3.63, 3.8) is 0 Å². The lowest BCUT2D eigenvalue weighted by atomic mass is 10.0. The van der Waals surface area contributed by atoms with Gasteiger partial charge >= 0.3 is 0 Å². The van der Waals surface area contributed by atoms with Crippen LogP contribution in [0, 0.1) is 0 Å². The lowest BCUT2D eigenvalue weighted by molar-refractivity contribution is 0.0938. The minimum atomic E-state index is -0.372. The van der Waals surface area contributed by atoms with E-state index in [1.54, 1.807) is 6.07 Å². The maximum atomic E-state index is 12.9. The normalized spacial score (nSPS) is 12.0. The molecular weight excluding hydrogens is 390 g/mol. The quantitative estimate of drug-likeness (QED) is 0.471. The molecule has 0 radical (unpaired) electrons. The molecule has 1 unspecified atom stereocenters. The Morgan fingerprint density at radius 3 is 2.35 bits per heavy atom. The molecule has 3 aromatic carbocycles. The number of carbonyl (C=O) groups is 1. The van der Waals surface area contributed by atoms with Crippen LogP contribution >= 0.6 is 15.9 Å². The lowest BCUT2D eigenvalue weighted by Crippen LogP contribution is -2.29. The maximum absolute atomic E-state index is 12.9. The van der Waals surface area contributed by atoms with Crippen LogP contribution in [0.15, 0.2) is 93.8 Å². The lowest BCUT2D eigenvalue weighted by Gasteiger charge is -2.17. The van der Waals surface area contributed by atoms with Gasteiger partial charge in [0.25, 0.3) is 5.91 Å². The molecule has 1 N–H and O–H groups in total. The summed E-state index contributed by atoms with van der Waals surface area (Å²) in [5.41, 5.74) is 2.36. The third-order valence-corrected chi connectivity index (χ3v) is 4.95. The van der Waals surface area contributed by atoms with E-state index in [0.29, 0.717) is 11.3 Å². The van der Waals surface area contributed by atoms with Crippen molar-refractivity contribution in [3.8, 4) is 0 Å². The Balaban J connectivity index is 1.74. The zero-order valence-electron chi connectivity index (χ0n) is 13.9. The van der Waals surface area contributed by atoms with Gasteiger partial charge in [-0.2, -0.15) is 0 Å². The highest BCUT2D eigenvalue weighted by Gasteiger charge is 2.22. The summed E-state index contributed by atoms with van der Waals surface area (Å²) in [4.78, 5) is 12.9. The average molecular weight is 406 g/mol. The number of para-hydroxylation sites is 1. The first-order valence-electron chi connectivity index (χ1n) is 8.31. The van der Waals surface area contributed by atoms with E-state index in [1.807, 2.05) is 78.9 Å². The Labute approximate surface area is 159 Å². The van der Waals surface area contributed by atoms with Gasteiger partial charge in [-0.15, -0.1) is 0 Å². The molecule has 4 heteroatoms. The molecule has 0 fully saturated rings. The third-order valence-electron chi connectivity index (χ3n) is 4.26. The molecule has 128 valence electrons. The van der Waals surface area contributed by atoms with Gasteiger partial charge in [0, 0.05) is 9.86 Å². The Morgan fingerprint density at radius 1 is 0.885 bits per heavy atom. The first kappa shape index (κ1) is 16.6. The number of benzene rings is 3. The molecule has 4 rings (SSSR count). The second-order valence-corrected chi connectivity index (χ2v) is 6.84. The molecule has 0 saturated heterocycles. The molecule has 0 bridgehead atoms. The van der Waals surface area contributed by atoms with E-state index < -0.39 is 0 Å². The largest absolute Gasteiger partial charge is 0.459 e. The van der Waals surface area contributed by atoms with Crippen molar-refractivity contribution in [1.82, 2.24) is 5.32 Å². The highest BCUT2D eigenvalue weighted by Crippen LogP contribution is 2.29. The van der Waals surface area contributed by atoms with Crippen molar-refractivity contribution in [2.24, 2.45) is 0 Å². The summed E-state index contributed by atoms with van der Waals surface area (Å²) in [6.45, 7) is 0. The first-order valence-corrected chi connectivity index (χ1v) is 9.10. The van der Waals surface area contributed by atoms with Gasteiger partial charge in [0.05, 0.1) is 5.56 Å². The van der Waals surface area contributed by atoms with Gasteiger partial charge in [0.2, 0.25) is 0 Å². The van der Waals surface area contributed by atoms with Crippen molar-refractivity contribution in [1.29, 1.82) is 0 Å². The third kappa shape index (κ3) is 3.28. The summed E-state index contributed by atoms with van der Waals surface area (Å²) in [6.07, 6.45) is 0. The zero-order valence-corrected chi connectivity index (χ0v) is 15.4. The summed E-state index contributed by atoms with van der Waals surface area (Å²) in [6, 6.07) is 26.6. The number of carbonyl (C=O) groups excluding carboxylic acids is 1. The van der Waals surface area contributed by atoms with Crippen LogP contribution in [0.5, 0.6) is 0 Å². The Kier molecular flexibility index (Phi) is 4.59. The summed E-state index contributed by atoms with van der Waals surface area (Å²) < 4.78 is 6.78. The number of nitrogens with one attached hydrogen (secondary N) is 1. The van der Waals surface area contributed by atoms with Gasteiger partial charge in [-0.1, -0.05) is 60.7 Å². The monoisotopic (exact) mass is 405 g/mol. The van der Waals surface area contributed by atoms with Gasteiger partial charge in [-0.25, -0.2) is 0 Å². The first-order chi connectivity index (χ1) is 12.7. The smallest absolute Gasteiger partial charge is 0.253 e. The predicted octanol–water partition coefficient (Wildman–Crippen LogP) is 5.71. The van der Waals surface area contributed by atoms with E-state index in [9.17, 15) is 4.79 Å². The summed E-state index contributed by atoms with van der Waals surface area (Å²) in [5.74, 6) is 0.546. The van der Waals surface area contributed by atoms with Crippen molar-refractivity contribution in [3.05, 3.63) is 106 Å². The predicted molar refractivity (Wildman–Crippen MR) is 106 cm³/mol. The number of hydrogen-bond donors (Lipinski definition) is 1. The molecule has 1 heterocycles. The molecule has 26 heavy (non-hydrogen) atoms. The SMILES string of the molecule is O=C(NC(c1ccccc1)c1cc2ccccc2o1)c1ccccc1Br. The number of halogens is 1. The van der Waals surface area contributed by atoms with Crippen LogP contribution in [-0.4, -0.2) is 5.91 Å². The van der Waals surface area contributed by atoms with E-state index in [-0.39, 0.29) is 11.9 Å². The molecule has 1 atom stereocenters. The van der Waals surface area contributed by atoms with Crippen LogP contribution in [0.3, 0.4) is 0 Å². The van der Waals surface area contributed by atoms with Gasteiger partial charge in [-0.05, 0) is 45.8 Å². The van der Waals surface area contributed by atoms with E-state index in [2.05, 4.69) is 21.2 Å². The minimum absolute atomic E-state index is 0.160. The summed E-state index contributed by atoms with van der Waals surface area (Å²) in [5, 5.41) is 4.12. The molecule has 1 aromatic heterocycles. The van der Waals surface area contributed by atoms with Crippen molar-refractivity contribution < 1.29 is 9.21 Å². The Morgan fingerprint density at radius 2 is 1.58 bits per heavy atom. The maximum Gasteiger partial charge on any atom is 0.253 e. The van der Waals surface area contributed by atoms with Crippen molar-refractivity contribution in [2.75, 3.05) is 0 Å². The Bertz CT molecular complexity index is 1020. The van der Waals surface area contributed by atoms with Gasteiger partial charge in [-0.3, -0.25) is 4.79 Å². The Hall–Kier alpha value is -2.85. The second kappa shape index (κ2) is 7.18. The number of furan rings is 1. The summed E-state index contributed by atoms with van der Waals surface area (Å²) >= 11 is 3.44. The standard InChI is InChI=1S/C22H16BrNO2/c23-18-12-6-5-11-17(18)22(25)24-21(15-8-2-1-3-9-15)20-14-16-10-4-7-13-19(16)26-20/h1-14,21H,(H,24,25). The molecule has 1 amide bonds. The molecule has 0 aliphatic rings. The number of rotatable bonds is 4. The van der Waals surface area contributed by atoms with Gasteiger partial charge in [0.1, 0.15) is 17.4 Å². The fourth-order valence-corrected chi connectivity index (χ4v) is 3.43. The summed E-state index contributed by atoms with van der Waals surface area (Å²) in [7, 11) is 0. The van der Waals surface area contributed by atoms with Crippen molar-refractivity contribution >= 4 is 32.8 Å². The minimum Gasteiger partial charge on any atom is -0.459 e. The molecule has 0 aliphatic heterocycles. The molecule has 0 aliphatic carbocycles. The highest BCUT2D eigenvalue weighted by molar-refractivity contribution is 9.10. The average Bonchev–Trinajstić information content (AvgIpc) is 3.11. The van der Waals surface area contributed by atoms with Crippen LogP contribution in [0.4, 0.5) is 0 Å². The topological polar surface area (TPSA) is 42.2 Å².